The molecule has 0 bridgehead atoms. The summed E-state index contributed by atoms with van der Waals surface area (Å²) in [6, 6.07) is 10.3. The molecule has 7 nitrogen and oxygen atoms in total. The number of rotatable bonds is 6. The molecule has 0 fully saturated rings. The minimum Gasteiger partial charge on any atom is -0.507 e. The third-order valence-corrected chi connectivity index (χ3v) is 3.23. The third kappa shape index (κ3) is 4.04. The Morgan fingerprint density at radius 2 is 2.00 bits per heavy atom. The molecule has 0 spiro atoms. The smallest absolute Gasteiger partial charge is 0.271 e. The van der Waals surface area contributed by atoms with Crippen LogP contribution in [0.25, 0.3) is 0 Å². The Balaban J connectivity index is 2.06. The summed E-state index contributed by atoms with van der Waals surface area (Å²) >= 11 is 0. The molecule has 0 saturated carbocycles. The first-order valence-corrected chi connectivity index (χ1v) is 7.02. The standard InChI is InChI=1S/C17H15N3O4/c1-2-4-12-5-3-6-14(16(12)21)11-18-19-17(22)13-7-9-15(10-8-13)20(23)24/h2-3,5-11,21H,1,4H2,(H,19,22). The highest BCUT2D eigenvalue weighted by molar-refractivity contribution is 5.95. The van der Waals surface area contributed by atoms with Crippen molar-refractivity contribution in [3.63, 3.8) is 0 Å². The highest BCUT2D eigenvalue weighted by Crippen LogP contribution is 2.21. The number of non-ortho nitro benzene ring substituents is 1. The van der Waals surface area contributed by atoms with Crippen LogP contribution in [0.5, 0.6) is 5.75 Å². The predicted octanol–water partition coefficient (Wildman–Crippen LogP) is 2.79. The van der Waals surface area contributed by atoms with Gasteiger partial charge >= 0.3 is 0 Å². The minimum atomic E-state index is -0.543. The molecule has 2 N–H and O–H groups in total. The molecule has 0 saturated heterocycles. The van der Waals surface area contributed by atoms with Crippen LogP contribution in [0.4, 0.5) is 5.69 Å². The normalized spacial score (nSPS) is 10.5. The Morgan fingerprint density at radius 3 is 2.62 bits per heavy atom. The highest BCUT2D eigenvalue weighted by Gasteiger charge is 2.09. The van der Waals surface area contributed by atoms with Crippen molar-refractivity contribution in [2.75, 3.05) is 0 Å². The van der Waals surface area contributed by atoms with Crippen molar-refractivity contribution >= 4 is 17.8 Å². The minimum absolute atomic E-state index is 0.0748. The lowest BCUT2D eigenvalue weighted by atomic mass is 10.1. The number of nitro benzene ring substituents is 1. The quantitative estimate of drug-likeness (QED) is 0.369. The van der Waals surface area contributed by atoms with Crippen LogP contribution in [0.1, 0.15) is 21.5 Å². The largest absolute Gasteiger partial charge is 0.507 e. The van der Waals surface area contributed by atoms with Crippen molar-refractivity contribution in [2.24, 2.45) is 5.10 Å². The molecule has 0 radical (unpaired) electrons. The number of para-hydroxylation sites is 1. The summed E-state index contributed by atoms with van der Waals surface area (Å²) in [5, 5.41) is 24.4. The molecule has 24 heavy (non-hydrogen) atoms. The van der Waals surface area contributed by atoms with Crippen LogP contribution in [0.2, 0.25) is 0 Å². The second kappa shape index (κ2) is 7.68. The first kappa shape index (κ1) is 16.9. The van der Waals surface area contributed by atoms with Crippen LogP contribution in [-0.4, -0.2) is 22.2 Å². The summed E-state index contributed by atoms with van der Waals surface area (Å²) in [5.41, 5.74) is 3.61. The van der Waals surface area contributed by atoms with Crippen LogP contribution in [0.3, 0.4) is 0 Å². The molecule has 0 aliphatic rings. The predicted molar refractivity (Wildman–Crippen MR) is 90.2 cm³/mol. The number of allylic oxidation sites excluding steroid dienone is 1. The summed E-state index contributed by atoms with van der Waals surface area (Å²) < 4.78 is 0. The number of hydrogen-bond donors (Lipinski definition) is 2. The number of phenols is 1. The Kier molecular flexibility index (Phi) is 5.40. The van der Waals surface area contributed by atoms with Gasteiger partial charge in [0, 0.05) is 23.3 Å². The molecule has 0 aromatic heterocycles. The Morgan fingerprint density at radius 1 is 1.29 bits per heavy atom. The van der Waals surface area contributed by atoms with Crippen molar-refractivity contribution < 1.29 is 14.8 Å². The number of benzene rings is 2. The van der Waals surface area contributed by atoms with E-state index in [1.54, 1.807) is 24.3 Å². The average molecular weight is 325 g/mol. The van der Waals surface area contributed by atoms with Gasteiger partial charge in [-0.1, -0.05) is 18.2 Å². The monoisotopic (exact) mass is 325 g/mol. The zero-order valence-corrected chi connectivity index (χ0v) is 12.7. The molecule has 0 heterocycles. The van der Waals surface area contributed by atoms with Gasteiger partial charge < -0.3 is 5.11 Å². The Bertz CT molecular complexity index is 798. The molecule has 0 atom stereocenters. The lowest BCUT2D eigenvalue weighted by Gasteiger charge is -2.04. The van der Waals surface area contributed by atoms with Gasteiger partial charge in [0.15, 0.2) is 0 Å². The van der Waals surface area contributed by atoms with Crippen molar-refractivity contribution in [1.82, 2.24) is 5.43 Å². The first-order valence-electron chi connectivity index (χ1n) is 7.02. The maximum atomic E-state index is 11.9. The maximum Gasteiger partial charge on any atom is 0.271 e. The second-order valence-electron chi connectivity index (χ2n) is 4.85. The summed E-state index contributed by atoms with van der Waals surface area (Å²) in [6.45, 7) is 3.62. The fraction of sp³-hybridized carbons (Fsp3) is 0.0588. The summed E-state index contributed by atoms with van der Waals surface area (Å²) in [4.78, 5) is 21.9. The molecule has 0 aliphatic heterocycles. The second-order valence-corrected chi connectivity index (χ2v) is 4.85. The van der Waals surface area contributed by atoms with E-state index >= 15 is 0 Å². The van der Waals surface area contributed by atoms with Gasteiger partial charge in [-0.3, -0.25) is 14.9 Å². The van der Waals surface area contributed by atoms with Crippen LogP contribution >= 0.6 is 0 Å². The molecule has 122 valence electrons. The van der Waals surface area contributed by atoms with E-state index in [0.29, 0.717) is 17.5 Å². The molecule has 1 amide bonds. The number of hydrogen-bond acceptors (Lipinski definition) is 5. The fourth-order valence-electron chi connectivity index (χ4n) is 2.00. The number of aromatic hydroxyl groups is 1. The number of carbonyl (C=O) groups excluding carboxylic acids is 1. The van der Waals surface area contributed by atoms with E-state index < -0.39 is 10.8 Å². The Labute approximate surface area is 138 Å². The number of carbonyl (C=O) groups is 1. The van der Waals surface area contributed by atoms with Gasteiger partial charge in [0.2, 0.25) is 0 Å². The van der Waals surface area contributed by atoms with Gasteiger partial charge in [0.05, 0.1) is 11.1 Å². The highest BCUT2D eigenvalue weighted by atomic mass is 16.6. The van der Waals surface area contributed by atoms with Crippen molar-refractivity contribution in [1.29, 1.82) is 0 Å². The van der Waals surface area contributed by atoms with E-state index in [-0.39, 0.29) is 17.0 Å². The van der Waals surface area contributed by atoms with Crippen molar-refractivity contribution in [3.8, 4) is 5.75 Å². The maximum absolute atomic E-state index is 11.9. The number of phenolic OH excluding ortho intramolecular Hbond substituents is 1. The van der Waals surface area contributed by atoms with E-state index in [1.165, 1.54) is 30.5 Å². The first-order chi connectivity index (χ1) is 11.5. The fourth-order valence-corrected chi connectivity index (χ4v) is 2.00. The molecule has 0 unspecified atom stereocenters. The summed E-state index contributed by atoms with van der Waals surface area (Å²) in [6.07, 6.45) is 3.51. The van der Waals surface area contributed by atoms with Crippen molar-refractivity contribution in [3.05, 3.63) is 81.9 Å². The van der Waals surface area contributed by atoms with Crippen LogP contribution in [-0.2, 0) is 6.42 Å². The number of amides is 1. The molecular formula is C17H15N3O4. The molecule has 7 heteroatoms. The van der Waals surface area contributed by atoms with Gasteiger partial charge in [-0.05, 0) is 30.2 Å². The molecule has 2 aromatic rings. The van der Waals surface area contributed by atoms with Gasteiger partial charge in [0.25, 0.3) is 11.6 Å². The van der Waals surface area contributed by atoms with E-state index in [4.69, 9.17) is 0 Å². The topological polar surface area (TPSA) is 105 Å². The Hall–Kier alpha value is -3.48. The van der Waals surface area contributed by atoms with E-state index in [9.17, 15) is 20.0 Å². The SMILES string of the molecule is C=CCc1cccc(C=NNC(=O)c2ccc([N+](=O)[O-])cc2)c1O. The number of nitrogens with one attached hydrogen (secondary N) is 1. The van der Waals surface area contributed by atoms with Crippen LogP contribution < -0.4 is 5.43 Å². The number of nitrogens with zero attached hydrogens (tertiary/aromatic N) is 2. The summed E-state index contributed by atoms with van der Waals surface area (Å²) in [7, 11) is 0. The van der Waals surface area contributed by atoms with Gasteiger partial charge in [0.1, 0.15) is 5.75 Å². The number of nitro groups is 1. The van der Waals surface area contributed by atoms with Crippen molar-refractivity contribution in [2.45, 2.75) is 6.42 Å². The molecular weight excluding hydrogens is 310 g/mol. The lowest BCUT2D eigenvalue weighted by Crippen LogP contribution is -2.17. The number of hydrazone groups is 1. The molecule has 2 rings (SSSR count). The molecule has 2 aromatic carbocycles. The lowest BCUT2D eigenvalue weighted by molar-refractivity contribution is -0.384. The summed E-state index contributed by atoms with van der Waals surface area (Å²) in [5.74, 6) is -0.436. The van der Waals surface area contributed by atoms with E-state index in [1.807, 2.05) is 0 Å². The third-order valence-electron chi connectivity index (χ3n) is 3.23. The average Bonchev–Trinajstić information content (AvgIpc) is 2.58. The van der Waals surface area contributed by atoms with E-state index in [2.05, 4.69) is 17.1 Å². The van der Waals surface area contributed by atoms with Gasteiger partial charge in [-0.2, -0.15) is 5.10 Å². The van der Waals surface area contributed by atoms with Gasteiger partial charge in [-0.15, -0.1) is 6.58 Å². The molecule has 0 aliphatic carbocycles. The zero-order chi connectivity index (χ0) is 17.5. The van der Waals surface area contributed by atoms with Gasteiger partial charge in [-0.25, -0.2) is 5.43 Å². The van der Waals surface area contributed by atoms with E-state index in [0.717, 1.165) is 0 Å². The van der Waals surface area contributed by atoms with Crippen LogP contribution in [0, 0.1) is 10.1 Å². The van der Waals surface area contributed by atoms with Crippen LogP contribution in [0.15, 0.2) is 60.2 Å². The zero-order valence-electron chi connectivity index (χ0n) is 12.7.